The molecule has 1 unspecified atom stereocenters. The van der Waals surface area contributed by atoms with Crippen molar-refractivity contribution in [2.24, 2.45) is 5.92 Å². The Balaban J connectivity index is 2.62. The Bertz CT molecular complexity index is 329. The number of carbonyl (C=O) groups excluding carboxylic acids is 1. The molecule has 1 rings (SSSR count). The van der Waals surface area contributed by atoms with E-state index in [0.717, 1.165) is 19.1 Å². The SMILES string of the molecule is CC1CCN(C(=O)C(C)S(C)(=O)=O)CC1. The highest BCUT2D eigenvalue weighted by atomic mass is 32.2. The Morgan fingerprint density at radius 1 is 1.33 bits per heavy atom. The van der Waals surface area contributed by atoms with Crippen LogP contribution >= 0.6 is 0 Å². The first kappa shape index (κ1) is 12.5. The van der Waals surface area contributed by atoms with Gasteiger partial charge < -0.3 is 4.90 Å². The van der Waals surface area contributed by atoms with Gasteiger partial charge in [-0.2, -0.15) is 0 Å². The number of hydrogen-bond donors (Lipinski definition) is 0. The molecule has 0 N–H and O–H groups in total. The van der Waals surface area contributed by atoms with Crippen molar-refractivity contribution in [2.45, 2.75) is 31.9 Å². The molecule has 0 aromatic carbocycles. The number of piperidine rings is 1. The summed E-state index contributed by atoms with van der Waals surface area (Å²) in [5.74, 6) is 0.395. The van der Waals surface area contributed by atoms with Gasteiger partial charge in [-0.25, -0.2) is 8.42 Å². The van der Waals surface area contributed by atoms with E-state index in [1.165, 1.54) is 6.92 Å². The van der Waals surface area contributed by atoms with Crippen LogP contribution in [0, 0.1) is 5.92 Å². The Kier molecular flexibility index (Phi) is 3.76. The highest BCUT2D eigenvalue weighted by Crippen LogP contribution is 2.17. The van der Waals surface area contributed by atoms with Crippen LogP contribution in [-0.2, 0) is 14.6 Å². The minimum absolute atomic E-state index is 0.246. The lowest BCUT2D eigenvalue weighted by Gasteiger charge is -2.31. The fourth-order valence-corrected chi connectivity index (χ4v) is 2.18. The zero-order valence-corrected chi connectivity index (χ0v) is 10.4. The topological polar surface area (TPSA) is 54.5 Å². The number of rotatable bonds is 2. The summed E-state index contributed by atoms with van der Waals surface area (Å²) in [7, 11) is -3.26. The molecule has 4 nitrogen and oxygen atoms in total. The molecule has 0 aromatic rings. The molecule has 15 heavy (non-hydrogen) atoms. The average molecular weight is 233 g/mol. The van der Waals surface area contributed by atoms with Crippen molar-refractivity contribution in [3.05, 3.63) is 0 Å². The molecule has 0 aliphatic carbocycles. The van der Waals surface area contributed by atoms with Gasteiger partial charge in [0.1, 0.15) is 5.25 Å². The molecule has 0 saturated carbocycles. The first-order valence-corrected chi connectivity index (χ1v) is 7.25. The first-order chi connectivity index (χ1) is 6.82. The summed E-state index contributed by atoms with van der Waals surface area (Å²) < 4.78 is 22.5. The highest BCUT2D eigenvalue weighted by molar-refractivity contribution is 7.92. The molecule has 1 aliphatic heterocycles. The van der Waals surface area contributed by atoms with E-state index in [-0.39, 0.29) is 5.91 Å². The predicted molar refractivity (Wildman–Crippen MR) is 59.3 cm³/mol. The molecule has 0 radical (unpaired) electrons. The number of likely N-dealkylation sites (tertiary alicyclic amines) is 1. The van der Waals surface area contributed by atoms with Crippen LogP contribution in [-0.4, -0.2) is 43.8 Å². The third-order valence-electron chi connectivity index (χ3n) is 3.09. The van der Waals surface area contributed by atoms with Crippen LogP contribution in [0.25, 0.3) is 0 Å². The molecule has 0 spiro atoms. The third-order valence-corrected chi connectivity index (χ3v) is 4.57. The largest absolute Gasteiger partial charge is 0.342 e. The zero-order valence-electron chi connectivity index (χ0n) is 9.56. The van der Waals surface area contributed by atoms with E-state index in [9.17, 15) is 13.2 Å². The fourth-order valence-electron chi connectivity index (χ4n) is 1.67. The maximum Gasteiger partial charge on any atom is 0.240 e. The predicted octanol–water partition coefficient (Wildman–Crippen LogP) is 0.678. The van der Waals surface area contributed by atoms with Gasteiger partial charge in [0.2, 0.25) is 5.91 Å². The van der Waals surface area contributed by atoms with E-state index in [0.29, 0.717) is 19.0 Å². The minimum atomic E-state index is -3.26. The molecule has 0 aromatic heterocycles. The average Bonchev–Trinajstić information content (AvgIpc) is 2.15. The van der Waals surface area contributed by atoms with Gasteiger partial charge in [-0.05, 0) is 25.7 Å². The summed E-state index contributed by atoms with van der Waals surface area (Å²) in [6.07, 6.45) is 3.06. The van der Waals surface area contributed by atoms with Crippen LogP contribution < -0.4 is 0 Å². The minimum Gasteiger partial charge on any atom is -0.342 e. The Morgan fingerprint density at radius 3 is 2.20 bits per heavy atom. The van der Waals surface area contributed by atoms with Crippen molar-refractivity contribution in [2.75, 3.05) is 19.3 Å². The van der Waals surface area contributed by atoms with Crippen LogP contribution in [0.1, 0.15) is 26.7 Å². The summed E-state index contributed by atoms with van der Waals surface area (Å²) in [5, 5.41) is -0.897. The molecule has 1 atom stereocenters. The van der Waals surface area contributed by atoms with Gasteiger partial charge in [-0.15, -0.1) is 0 Å². The highest BCUT2D eigenvalue weighted by Gasteiger charge is 2.29. The first-order valence-electron chi connectivity index (χ1n) is 5.30. The molecule has 1 aliphatic rings. The van der Waals surface area contributed by atoms with Gasteiger partial charge in [-0.1, -0.05) is 6.92 Å². The van der Waals surface area contributed by atoms with Crippen LogP contribution in [0.15, 0.2) is 0 Å². The lowest BCUT2D eigenvalue weighted by molar-refractivity contribution is -0.131. The Hall–Kier alpha value is -0.580. The molecule has 1 amide bonds. The molecule has 5 heteroatoms. The Labute approximate surface area is 91.6 Å². The van der Waals surface area contributed by atoms with Crippen molar-refractivity contribution in [3.63, 3.8) is 0 Å². The van der Waals surface area contributed by atoms with Crippen molar-refractivity contribution in [1.82, 2.24) is 4.90 Å². The summed E-state index contributed by atoms with van der Waals surface area (Å²) >= 11 is 0. The number of carbonyl (C=O) groups is 1. The number of hydrogen-bond acceptors (Lipinski definition) is 3. The lowest BCUT2D eigenvalue weighted by Crippen LogP contribution is -2.44. The van der Waals surface area contributed by atoms with Gasteiger partial charge in [0.05, 0.1) is 0 Å². The van der Waals surface area contributed by atoms with Gasteiger partial charge in [0.15, 0.2) is 9.84 Å². The van der Waals surface area contributed by atoms with E-state index in [4.69, 9.17) is 0 Å². The zero-order chi connectivity index (χ0) is 11.6. The summed E-state index contributed by atoms with van der Waals surface area (Å²) in [6, 6.07) is 0. The van der Waals surface area contributed by atoms with E-state index >= 15 is 0 Å². The second-order valence-electron chi connectivity index (χ2n) is 4.48. The smallest absolute Gasteiger partial charge is 0.240 e. The summed E-state index contributed by atoms with van der Waals surface area (Å²) in [5.41, 5.74) is 0. The van der Waals surface area contributed by atoms with Gasteiger partial charge in [0.25, 0.3) is 0 Å². The standard InChI is InChI=1S/C10H19NO3S/c1-8-4-6-11(7-5-8)10(12)9(2)15(3,13)14/h8-9H,4-7H2,1-3H3. The van der Waals surface area contributed by atoms with Gasteiger partial charge in [-0.3, -0.25) is 4.79 Å². The second kappa shape index (κ2) is 4.51. The van der Waals surface area contributed by atoms with Crippen molar-refractivity contribution in [1.29, 1.82) is 0 Å². The number of sulfone groups is 1. The third kappa shape index (κ3) is 3.19. The van der Waals surface area contributed by atoms with E-state index < -0.39 is 15.1 Å². The number of amides is 1. The summed E-state index contributed by atoms with van der Waals surface area (Å²) in [4.78, 5) is 13.5. The normalized spacial score (nSPS) is 21.4. The van der Waals surface area contributed by atoms with Crippen LogP contribution in [0.3, 0.4) is 0 Å². The van der Waals surface area contributed by atoms with Crippen LogP contribution in [0.2, 0.25) is 0 Å². The molecule has 1 saturated heterocycles. The molecular weight excluding hydrogens is 214 g/mol. The van der Waals surface area contributed by atoms with Gasteiger partial charge in [0, 0.05) is 19.3 Å². The summed E-state index contributed by atoms with van der Waals surface area (Å²) in [6.45, 7) is 5.01. The van der Waals surface area contributed by atoms with Gasteiger partial charge >= 0.3 is 0 Å². The number of nitrogens with zero attached hydrogens (tertiary/aromatic N) is 1. The van der Waals surface area contributed by atoms with Crippen molar-refractivity contribution >= 4 is 15.7 Å². The molecular formula is C10H19NO3S. The molecule has 1 fully saturated rings. The van der Waals surface area contributed by atoms with Crippen molar-refractivity contribution < 1.29 is 13.2 Å². The van der Waals surface area contributed by atoms with E-state index in [1.54, 1.807) is 4.90 Å². The lowest BCUT2D eigenvalue weighted by atomic mass is 9.99. The fraction of sp³-hybridized carbons (Fsp3) is 0.900. The molecule has 1 heterocycles. The monoisotopic (exact) mass is 233 g/mol. The van der Waals surface area contributed by atoms with Crippen LogP contribution in [0.5, 0.6) is 0 Å². The maximum atomic E-state index is 11.8. The maximum absolute atomic E-state index is 11.8. The van der Waals surface area contributed by atoms with Crippen molar-refractivity contribution in [3.8, 4) is 0 Å². The quantitative estimate of drug-likeness (QED) is 0.704. The molecule has 0 bridgehead atoms. The second-order valence-corrected chi connectivity index (χ2v) is 6.85. The van der Waals surface area contributed by atoms with E-state index in [2.05, 4.69) is 6.92 Å². The van der Waals surface area contributed by atoms with E-state index in [1.807, 2.05) is 0 Å². The van der Waals surface area contributed by atoms with Crippen LogP contribution in [0.4, 0.5) is 0 Å². The Morgan fingerprint density at radius 2 is 1.80 bits per heavy atom. The molecule has 88 valence electrons.